The van der Waals surface area contributed by atoms with Crippen LogP contribution in [0.4, 0.5) is 8.78 Å². The number of halogens is 3. The van der Waals surface area contributed by atoms with E-state index >= 15 is 0 Å². The van der Waals surface area contributed by atoms with Gasteiger partial charge >= 0.3 is 0 Å². The third kappa shape index (κ3) is 4.88. The first-order valence-electron chi connectivity index (χ1n) is 6.07. The maximum absolute atomic E-state index is 13.5. The molecule has 1 rings (SSSR count). The average Bonchev–Trinajstić information content (AvgIpc) is 2.32. The standard InChI is InChI=1S/C13H19ClF2N2/c1-3-4-17-5-6-18(2)9-10-7-13(16)11(14)8-12(10)15/h7-8,17H,3-6,9H2,1-2H3. The van der Waals surface area contributed by atoms with Crippen LogP contribution >= 0.6 is 11.6 Å². The zero-order valence-corrected chi connectivity index (χ0v) is 11.5. The number of likely N-dealkylation sites (N-methyl/N-ethyl adjacent to an activating group) is 1. The van der Waals surface area contributed by atoms with Gasteiger partial charge in [0, 0.05) is 25.2 Å². The Balaban J connectivity index is 2.48. The van der Waals surface area contributed by atoms with Gasteiger partial charge in [-0.3, -0.25) is 0 Å². The van der Waals surface area contributed by atoms with Gasteiger partial charge in [0.25, 0.3) is 0 Å². The van der Waals surface area contributed by atoms with E-state index in [0.717, 1.165) is 38.2 Å². The summed E-state index contributed by atoms with van der Waals surface area (Å²) in [4.78, 5) is 1.94. The van der Waals surface area contributed by atoms with Gasteiger partial charge in [0.05, 0.1) is 5.02 Å². The highest BCUT2D eigenvalue weighted by atomic mass is 35.5. The molecule has 0 spiro atoms. The van der Waals surface area contributed by atoms with Gasteiger partial charge in [-0.2, -0.15) is 0 Å². The van der Waals surface area contributed by atoms with E-state index in [4.69, 9.17) is 11.6 Å². The minimum atomic E-state index is -0.578. The molecule has 0 unspecified atom stereocenters. The maximum atomic E-state index is 13.5. The lowest BCUT2D eigenvalue weighted by molar-refractivity contribution is 0.318. The van der Waals surface area contributed by atoms with Crippen LogP contribution in [0.3, 0.4) is 0 Å². The van der Waals surface area contributed by atoms with Crippen LogP contribution in [0, 0.1) is 11.6 Å². The second-order valence-corrected chi connectivity index (χ2v) is 4.75. The number of hydrogen-bond acceptors (Lipinski definition) is 2. The van der Waals surface area contributed by atoms with Gasteiger partial charge in [-0.1, -0.05) is 18.5 Å². The summed E-state index contributed by atoms with van der Waals surface area (Å²) in [7, 11) is 1.87. The smallest absolute Gasteiger partial charge is 0.142 e. The van der Waals surface area contributed by atoms with E-state index in [9.17, 15) is 8.78 Å². The molecule has 1 N–H and O–H groups in total. The first-order chi connectivity index (χ1) is 8.54. The molecule has 0 aliphatic carbocycles. The molecule has 0 heterocycles. The SMILES string of the molecule is CCCNCCN(C)Cc1cc(F)c(Cl)cc1F. The lowest BCUT2D eigenvalue weighted by Gasteiger charge is -2.17. The molecule has 0 radical (unpaired) electrons. The number of hydrogen-bond donors (Lipinski definition) is 1. The predicted molar refractivity (Wildman–Crippen MR) is 70.9 cm³/mol. The van der Waals surface area contributed by atoms with Gasteiger partial charge in [0.15, 0.2) is 0 Å². The Morgan fingerprint density at radius 1 is 1.22 bits per heavy atom. The van der Waals surface area contributed by atoms with Crippen molar-refractivity contribution in [1.29, 1.82) is 0 Å². The fourth-order valence-electron chi connectivity index (χ4n) is 1.63. The lowest BCUT2D eigenvalue weighted by Crippen LogP contribution is -2.29. The number of rotatable bonds is 7. The van der Waals surface area contributed by atoms with Crippen LogP contribution in [0.15, 0.2) is 12.1 Å². The Bertz CT molecular complexity index is 385. The van der Waals surface area contributed by atoms with Crippen molar-refractivity contribution in [2.75, 3.05) is 26.7 Å². The van der Waals surface area contributed by atoms with Gasteiger partial charge in [-0.25, -0.2) is 8.78 Å². The summed E-state index contributed by atoms with van der Waals surface area (Å²) >= 11 is 5.50. The molecule has 0 aromatic heterocycles. The highest BCUT2D eigenvalue weighted by molar-refractivity contribution is 6.30. The van der Waals surface area contributed by atoms with Gasteiger partial charge in [0.1, 0.15) is 11.6 Å². The van der Waals surface area contributed by atoms with Crippen molar-refractivity contribution >= 4 is 11.6 Å². The Kier molecular flexibility index (Phi) is 6.54. The third-order valence-corrected chi connectivity index (χ3v) is 2.92. The number of benzene rings is 1. The van der Waals surface area contributed by atoms with Gasteiger partial charge < -0.3 is 10.2 Å². The van der Waals surface area contributed by atoms with E-state index in [1.807, 2.05) is 11.9 Å². The summed E-state index contributed by atoms with van der Waals surface area (Å²) in [6, 6.07) is 2.18. The monoisotopic (exact) mass is 276 g/mol. The highest BCUT2D eigenvalue weighted by Crippen LogP contribution is 2.20. The molecule has 1 aromatic rings. The summed E-state index contributed by atoms with van der Waals surface area (Å²) in [6.45, 7) is 5.06. The molecule has 0 saturated heterocycles. The second-order valence-electron chi connectivity index (χ2n) is 4.35. The fourth-order valence-corrected chi connectivity index (χ4v) is 1.78. The molecule has 0 bridgehead atoms. The van der Waals surface area contributed by atoms with Crippen molar-refractivity contribution in [2.45, 2.75) is 19.9 Å². The molecule has 5 heteroatoms. The molecule has 0 aliphatic rings. The second kappa shape index (κ2) is 7.67. The predicted octanol–water partition coefficient (Wildman–Crippen LogP) is 3.05. The Hall–Kier alpha value is -0.710. The highest BCUT2D eigenvalue weighted by Gasteiger charge is 2.10. The van der Waals surface area contributed by atoms with E-state index < -0.39 is 11.6 Å². The van der Waals surface area contributed by atoms with Crippen molar-refractivity contribution in [3.05, 3.63) is 34.4 Å². The van der Waals surface area contributed by atoms with E-state index in [1.54, 1.807) is 0 Å². The molecular formula is C13H19ClF2N2. The molecule has 0 amide bonds. The van der Waals surface area contributed by atoms with E-state index in [2.05, 4.69) is 12.2 Å². The fraction of sp³-hybridized carbons (Fsp3) is 0.538. The van der Waals surface area contributed by atoms with Crippen LogP contribution in [-0.2, 0) is 6.54 Å². The van der Waals surface area contributed by atoms with Crippen LogP contribution in [0.25, 0.3) is 0 Å². The molecule has 0 atom stereocenters. The molecule has 2 nitrogen and oxygen atoms in total. The minimum Gasteiger partial charge on any atom is -0.315 e. The molecule has 0 fully saturated rings. The first kappa shape index (κ1) is 15.3. The van der Waals surface area contributed by atoms with Crippen molar-refractivity contribution in [3.8, 4) is 0 Å². The van der Waals surface area contributed by atoms with Gasteiger partial charge in [-0.15, -0.1) is 0 Å². The lowest BCUT2D eigenvalue weighted by atomic mass is 10.2. The molecule has 102 valence electrons. The Morgan fingerprint density at radius 2 is 1.94 bits per heavy atom. The quantitative estimate of drug-likeness (QED) is 0.608. The van der Waals surface area contributed by atoms with Crippen molar-refractivity contribution in [1.82, 2.24) is 10.2 Å². The zero-order chi connectivity index (χ0) is 13.5. The van der Waals surface area contributed by atoms with Gasteiger partial charge in [0.2, 0.25) is 0 Å². The van der Waals surface area contributed by atoms with E-state index in [0.29, 0.717) is 12.1 Å². The Labute approximate surface area is 112 Å². The van der Waals surface area contributed by atoms with E-state index in [-0.39, 0.29) is 5.02 Å². The van der Waals surface area contributed by atoms with Crippen LogP contribution in [0.5, 0.6) is 0 Å². The average molecular weight is 277 g/mol. The van der Waals surface area contributed by atoms with Gasteiger partial charge in [-0.05, 0) is 32.1 Å². The maximum Gasteiger partial charge on any atom is 0.142 e. The molecule has 1 aromatic carbocycles. The zero-order valence-electron chi connectivity index (χ0n) is 10.8. The normalized spacial score (nSPS) is 11.2. The minimum absolute atomic E-state index is 0.177. The van der Waals surface area contributed by atoms with Crippen LogP contribution in [0.2, 0.25) is 5.02 Å². The molecule has 0 aliphatic heterocycles. The summed E-state index contributed by atoms with van der Waals surface area (Å²) in [5.74, 6) is -1.04. The number of nitrogens with zero attached hydrogens (tertiary/aromatic N) is 1. The summed E-state index contributed by atoms with van der Waals surface area (Å²) in [5, 5.41) is 3.08. The summed E-state index contributed by atoms with van der Waals surface area (Å²) in [5.41, 5.74) is 0.329. The topological polar surface area (TPSA) is 15.3 Å². The largest absolute Gasteiger partial charge is 0.315 e. The van der Waals surface area contributed by atoms with Crippen LogP contribution < -0.4 is 5.32 Å². The molecule has 18 heavy (non-hydrogen) atoms. The Morgan fingerprint density at radius 3 is 2.61 bits per heavy atom. The van der Waals surface area contributed by atoms with Crippen molar-refractivity contribution in [2.24, 2.45) is 0 Å². The van der Waals surface area contributed by atoms with E-state index in [1.165, 1.54) is 0 Å². The summed E-state index contributed by atoms with van der Waals surface area (Å²) < 4.78 is 26.8. The summed E-state index contributed by atoms with van der Waals surface area (Å²) in [6.07, 6.45) is 1.08. The van der Waals surface area contributed by atoms with Crippen LogP contribution in [-0.4, -0.2) is 31.6 Å². The van der Waals surface area contributed by atoms with Crippen LogP contribution in [0.1, 0.15) is 18.9 Å². The first-order valence-corrected chi connectivity index (χ1v) is 6.45. The van der Waals surface area contributed by atoms with Crippen molar-refractivity contribution < 1.29 is 8.78 Å². The molecular weight excluding hydrogens is 258 g/mol. The number of nitrogens with one attached hydrogen (secondary N) is 1. The molecule has 0 saturated carbocycles. The third-order valence-electron chi connectivity index (χ3n) is 2.63. The van der Waals surface area contributed by atoms with Crippen molar-refractivity contribution in [3.63, 3.8) is 0 Å².